The fourth-order valence-electron chi connectivity index (χ4n) is 3.97. The number of benzene rings is 2. The predicted octanol–water partition coefficient (Wildman–Crippen LogP) is 2.96. The lowest BCUT2D eigenvalue weighted by atomic mass is 10.0. The molecule has 0 saturated carbocycles. The summed E-state index contributed by atoms with van der Waals surface area (Å²) in [7, 11) is 0. The Kier molecular flexibility index (Phi) is 6.00. The molecule has 2 aliphatic rings. The summed E-state index contributed by atoms with van der Waals surface area (Å²) in [6, 6.07) is 17.6. The maximum atomic E-state index is 13.5. The van der Waals surface area contributed by atoms with Crippen molar-refractivity contribution in [3.8, 4) is 17.1 Å². The quantitative estimate of drug-likeness (QED) is 0.639. The number of hydrogen-bond acceptors (Lipinski definition) is 7. The Hall–Kier alpha value is -3.04. The summed E-state index contributed by atoms with van der Waals surface area (Å²) in [4.78, 5) is 15.4. The number of ether oxygens (including phenoxy) is 2. The molecule has 1 fully saturated rings. The minimum Gasteiger partial charge on any atom is -0.494 e. The number of nitrogens with one attached hydrogen (secondary N) is 1. The highest BCUT2D eigenvalue weighted by atomic mass is 32.2. The van der Waals surface area contributed by atoms with Crippen molar-refractivity contribution in [2.75, 3.05) is 38.3 Å². The van der Waals surface area contributed by atoms with Gasteiger partial charge < -0.3 is 19.8 Å². The molecule has 1 saturated heterocycles. The first-order valence-corrected chi connectivity index (χ1v) is 11.7. The van der Waals surface area contributed by atoms with E-state index in [9.17, 15) is 4.79 Å². The van der Waals surface area contributed by atoms with Crippen molar-refractivity contribution in [2.24, 2.45) is 0 Å². The number of nitrogens with zero attached hydrogens (tertiary/aromatic N) is 4. The second-order valence-corrected chi connectivity index (χ2v) is 8.70. The Balaban J connectivity index is 1.50. The number of morpholine rings is 1. The van der Waals surface area contributed by atoms with Gasteiger partial charge in [-0.1, -0.05) is 54.2 Å². The smallest absolute Gasteiger partial charge is 0.238 e. The molecule has 0 spiro atoms. The van der Waals surface area contributed by atoms with Gasteiger partial charge in [0.25, 0.3) is 0 Å². The molecular formula is C23H25N5O3S. The van der Waals surface area contributed by atoms with Crippen LogP contribution in [0.3, 0.4) is 0 Å². The van der Waals surface area contributed by atoms with Gasteiger partial charge in [0.2, 0.25) is 11.1 Å². The highest BCUT2D eigenvalue weighted by Gasteiger charge is 2.40. The molecule has 1 amide bonds. The van der Waals surface area contributed by atoms with Crippen LogP contribution < -0.4 is 10.2 Å². The van der Waals surface area contributed by atoms with E-state index in [0.717, 1.165) is 22.7 Å². The fourth-order valence-corrected chi connectivity index (χ4v) is 5.13. The van der Waals surface area contributed by atoms with Crippen LogP contribution in [0.15, 0.2) is 59.8 Å². The Bertz CT molecular complexity index is 1070. The van der Waals surface area contributed by atoms with Gasteiger partial charge in [0.15, 0.2) is 5.82 Å². The Morgan fingerprint density at radius 3 is 2.59 bits per heavy atom. The van der Waals surface area contributed by atoms with E-state index in [0.29, 0.717) is 38.1 Å². The molecule has 3 aromatic rings. The van der Waals surface area contributed by atoms with E-state index in [1.165, 1.54) is 11.8 Å². The van der Waals surface area contributed by atoms with Crippen LogP contribution >= 0.6 is 11.8 Å². The van der Waals surface area contributed by atoms with E-state index in [1.54, 1.807) is 0 Å². The lowest BCUT2D eigenvalue weighted by molar-refractivity contribution is -0.135. The number of amides is 1. The number of thioether (sulfide) groups is 1. The number of fused-ring (bicyclic) bond motifs is 1. The summed E-state index contributed by atoms with van der Waals surface area (Å²) in [5, 5.41) is 9.09. The molecule has 0 radical (unpaired) electrons. The van der Waals surface area contributed by atoms with Crippen molar-refractivity contribution in [3.05, 3.63) is 60.2 Å². The molecule has 9 heteroatoms. The number of carbonyl (C=O) groups excluding carboxylic acids is 1. The topological polar surface area (TPSA) is 81.5 Å². The largest absolute Gasteiger partial charge is 0.494 e. The molecule has 2 atom stereocenters. The molecule has 0 aliphatic carbocycles. The van der Waals surface area contributed by atoms with Gasteiger partial charge >= 0.3 is 0 Å². The molecule has 2 aliphatic heterocycles. The van der Waals surface area contributed by atoms with Crippen molar-refractivity contribution >= 4 is 17.7 Å². The Morgan fingerprint density at radius 2 is 1.88 bits per heavy atom. The lowest BCUT2D eigenvalue weighted by Crippen LogP contribution is -2.49. The molecule has 5 rings (SSSR count). The molecule has 0 unspecified atom stereocenters. The van der Waals surface area contributed by atoms with Gasteiger partial charge in [-0.05, 0) is 24.6 Å². The van der Waals surface area contributed by atoms with E-state index in [2.05, 4.69) is 15.6 Å². The third-order valence-corrected chi connectivity index (χ3v) is 6.79. The minimum atomic E-state index is -0.369. The van der Waals surface area contributed by atoms with Gasteiger partial charge in [-0.15, -0.1) is 10.2 Å². The highest BCUT2D eigenvalue weighted by Crippen LogP contribution is 2.39. The summed E-state index contributed by atoms with van der Waals surface area (Å²) >= 11 is 1.46. The normalized spacial score (nSPS) is 20.3. The second kappa shape index (κ2) is 9.22. The molecule has 166 valence electrons. The zero-order valence-electron chi connectivity index (χ0n) is 17.8. The molecular weight excluding hydrogens is 426 g/mol. The standard InChI is InChI=1S/C23H25N5O3S/c1-2-31-18-10-8-16(9-11-18)19-20(22(29)27-12-14-30-15-13-27)32-23-25-24-21(28(23)26-19)17-6-4-3-5-7-17/h3-11,19-20,26H,2,12-15H2,1H3/t19-,20+/m0/s1. The van der Waals surface area contributed by atoms with Crippen molar-refractivity contribution < 1.29 is 14.3 Å². The van der Waals surface area contributed by atoms with Crippen molar-refractivity contribution in [3.63, 3.8) is 0 Å². The van der Waals surface area contributed by atoms with Gasteiger partial charge in [0.1, 0.15) is 11.0 Å². The minimum absolute atomic E-state index is 0.0835. The van der Waals surface area contributed by atoms with E-state index in [1.807, 2.05) is 71.1 Å². The van der Waals surface area contributed by atoms with E-state index < -0.39 is 0 Å². The Morgan fingerprint density at radius 1 is 1.12 bits per heavy atom. The molecule has 1 N–H and O–H groups in total. The summed E-state index contributed by atoms with van der Waals surface area (Å²) in [6.45, 7) is 4.92. The van der Waals surface area contributed by atoms with E-state index in [4.69, 9.17) is 9.47 Å². The number of aromatic nitrogens is 3. The lowest BCUT2D eigenvalue weighted by Gasteiger charge is -2.37. The van der Waals surface area contributed by atoms with Crippen molar-refractivity contribution in [1.29, 1.82) is 0 Å². The highest BCUT2D eigenvalue weighted by molar-refractivity contribution is 8.00. The maximum Gasteiger partial charge on any atom is 0.238 e. The summed E-state index contributed by atoms with van der Waals surface area (Å²) in [5.41, 5.74) is 5.50. The van der Waals surface area contributed by atoms with Crippen molar-refractivity contribution in [2.45, 2.75) is 23.4 Å². The van der Waals surface area contributed by atoms with Crippen LogP contribution in [-0.4, -0.2) is 63.8 Å². The average molecular weight is 452 g/mol. The molecule has 2 aromatic carbocycles. The van der Waals surface area contributed by atoms with Crippen LogP contribution in [0.1, 0.15) is 18.5 Å². The second-order valence-electron chi connectivity index (χ2n) is 7.59. The monoisotopic (exact) mass is 451 g/mol. The van der Waals surface area contributed by atoms with Gasteiger partial charge in [-0.2, -0.15) is 0 Å². The van der Waals surface area contributed by atoms with Crippen LogP contribution in [0.2, 0.25) is 0 Å². The van der Waals surface area contributed by atoms with Gasteiger partial charge in [-0.25, -0.2) is 4.68 Å². The zero-order valence-corrected chi connectivity index (χ0v) is 18.6. The van der Waals surface area contributed by atoms with Gasteiger partial charge in [0, 0.05) is 18.7 Å². The molecule has 1 aromatic heterocycles. The third kappa shape index (κ3) is 4.05. The third-order valence-electron chi connectivity index (χ3n) is 5.59. The number of rotatable bonds is 5. The van der Waals surface area contributed by atoms with E-state index in [-0.39, 0.29) is 17.2 Å². The van der Waals surface area contributed by atoms with Crippen LogP contribution in [0, 0.1) is 0 Å². The molecule has 3 heterocycles. The molecule has 0 bridgehead atoms. The summed E-state index contributed by atoms with van der Waals surface area (Å²) in [5.74, 6) is 1.62. The van der Waals surface area contributed by atoms with Crippen LogP contribution in [0.4, 0.5) is 0 Å². The van der Waals surface area contributed by atoms with E-state index >= 15 is 0 Å². The first-order valence-electron chi connectivity index (χ1n) is 10.8. The maximum absolute atomic E-state index is 13.5. The van der Waals surface area contributed by atoms with Crippen LogP contribution in [0.5, 0.6) is 5.75 Å². The van der Waals surface area contributed by atoms with Crippen molar-refractivity contribution in [1.82, 2.24) is 19.8 Å². The number of hydrogen-bond donors (Lipinski definition) is 1. The average Bonchev–Trinajstić information content (AvgIpc) is 3.27. The summed E-state index contributed by atoms with van der Waals surface area (Å²) in [6.07, 6.45) is 0. The fraction of sp³-hybridized carbons (Fsp3) is 0.348. The van der Waals surface area contributed by atoms with Crippen LogP contribution in [0.25, 0.3) is 11.4 Å². The predicted molar refractivity (Wildman–Crippen MR) is 122 cm³/mol. The van der Waals surface area contributed by atoms with Crippen LogP contribution in [-0.2, 0) is 9.53 Å². The number of carbonyl (C=O) groups is 1. The molecule has 8 nitrogen and oxygen atoms in total. The van der Waals surface area contributed by atoms with Gasteiger partial charge in [-0.3, -0.25) is 4.79 Å². The Labute approximate surface area is 190 Å². The zero-order chi connectivity index (χ0) is 21.9. The summed E-state index contributed by atoms with van der Waals surface area (Å²) < 4.78 is 12.9. The van der Waals surface area contributed by atoms with Gasteiger partial charge in [0.05, 0.1) is 25.9 Å². The molecule has 32 heavy (non-hydrogen) atoms. The first kappa shape index (κ1) is 20.8. The first-order chi connectivity index (χ1) is 15.7. The SMILES string of the molecule is CCOc1ccc([C@@H]2Nn3c(nnc3-c3ccccc3)S[C@H]2C(=O)N2CCOCC2)cc1.